The molecule has 3 aromatic carbocycles. The van der Waals surface area contributed by atoms with E-state index in [1.54, 1.807) is 73.7 Å². The number of carbonyl (C=O) groups excluding carboxylic acids is 1. The number of carbonyl (C=O) groups is 1. The topological polar surface area (TPSA) is 106 Å². The molecule has 0 unspecified atom stereocenters. The number of hydrogen-bond acceptors (Lipinski definition) is 7. The number of thioether (sulfide) groups is 1. The number of ether oxygens (including phenoxy) is 1. The van der Waals surface area contributed by atoms with Crippen molar-refractivity contribution in [3.05, 3.63) is 88.7 Å². The van der Waals surface area contributed by atoms with Gasteiger partial charge in [0.15, 0.2) is 5.16 Å². The second kappa shape index (κ2) is 10.9. The van der Waals surface area contributed by atoms with Crippen LogP contribution in [0.15, 0.2) is 87.8 Å². The predicted octanol–water partition coefficient (Wildman–Crippen LogP) is 4.12. The van der Waals surface area contributed by atoms with Crippen LogP contribution in [0.25, 0.3) is 16.6 Å². The lowest BCUT2D eigenvalue weighted by Gasteiger charge is -2.13. The molecule has 0 spiro atoms. The van der Waals surface area contributed by atoms with Crippen molar-refractivity contribution in [2.45, 2.75) is 19.0 Å². The van der Waals surface area contributed by atoms with Crippen molar-refractivity contribution in [2.75, 3.05) is 12.4 Å². The number of benzene rings is 3. The predicted molar refractivity (Wildman–Crippen MR) is 138 cm³/mol. The molecule has 0 bridgehead atoms. The van der Waals surface area contributed by atoms with Crippen molar-refractivity contribution in [2.24, 2.45) is 5.10 Å². The zero-order chi connectivity index (χ0) is 24.8. The molecule has 0 fully saturated rings. The third-order valence-corrected chi connectivity index (χ3v) is 6.06. The smallest absolute Gasteiger partial charge is 0.266 e. The van der Waals surface area contributed by atoms with Crippen molar-refractivity contribution in [3.8, 4) is 17.2 Å². The van der Waals surface area contributed by atoms with Crippen molar-refractivity contribution in [3.63, 3.8) is 0 Å². The van der Waals surface area contributed by atoms with E-state index in [1.165, 1.54) is 4.57 Å². The summed E-state index contributed by atoms with van der Waals surface area (Å²) in [5.74, 6) is 0.395. The molecule has 1 amide bonds. The molecule has 0 saturated carbocycles. The minimum absolute atomic E-state index is 0.0145. The number of aromatic nitrogens is 2. The minimum atomic E-state index is -0.370. The Morgan fingerprint density at radius 1 is 1.09 bits per heavy atom. The molecule has 9 heteroatoms. The summed E-state index contributed by atoms with van der Waals surface area (Å²) in [5.41, 5.74) is 4.44. The number of rotatable bonds is 8. The van der Waals surface area contributed by atoms with Gasteiger partial charge in [-0.3, -0.25) is 14.2 Å². The van der Waals surface area contributed by atoms with E-state index in [1.807, 2.05) is 13.0 Å². The molecule has 0 radical (unpaired) electrons. The van der Waals surface area contributed by atoms with E-state index >= 15 is 0 Å². The molecule has 0 saturated heterocycles. The van der Waals surface area contributed by atoms with Gasteiger partial charge in [0.2, 0.25) is 0 Å². The zero-order valence-electron chi connectivity index (χ0n) is 19.3. The average molecular weight is 489 g/mol. The first-order valence-corrected chi connectivity index (χ1v) is 12.0. The molecule has 0 atom stereocenters. The molecule has 8 nitrogen and oxygen atoms in total. The lowest BCUT2D eigenvalue weighted by atomic mass is 10.1. The van der Waals surface area contributed by atoms with Crippen LogP contribution in [-0.2, 0) is 4.79 Å². The summed E-state index contributed by atoms with van der Waals surface area (Å²) in [4.78, 5) is 30.5. The maximum atomic E-state index is 13.3. The van der Waals surface area contributed by atoms with Crippen molar-refractivity contribution in [1.29, 1.82) is 0 Å². The molecule has 0 aliphatic heterocycles. The van der Waals surface area contributed by atoms with Gasteiger partial charge in [-0.2, -0.15) is 5.10 Å². The van der Waals surface area contributed by atoms with E-state index in [4.69, 9.17) is 4.74 Å². The fourth-order valence-electron chi connectivity index (χ4n) is 3.44. The molecule has 1 aromatic heterocycles. The summed E-state index contributed by atoms with van der Waals surface area (Å²) in [6, 6.07) is 21.0. The van der Waals surface area contributed by atoms with Gasteiger partial charge in [0.25, 0.3) is 11.5 Å². The van der Waals surface area contributed by atoms with Crippen LogP contribution in [0.1, 0.15) is 19.4 Å². The fraction of sp³-hybridized carbons (Fsp3) is 0.154. The molecule has 1 heterocycles. The third-order valence-electron chi connectivity index (χ3n) is 5.13. The molecular weight excluding hydrogens is 464 g/mol. The Labute approximate surface area is 206 Å². The van der Waals surface area contributed by atoms with E-state index in [2.05, 4.69) is 15.5 Å². The maximum absolute atomic E-state index is 13.3. The number of phenols is 1. The van der Waals surface area contributed by atoms with Crippen LogP contribution in [0.5, 0.6) is 11.5 Å². The Morgan fingerprint density at radius 3 is 2.54 bits per heavy atom. The van der Waals surface area contributed by atoms with Gasteiger partial charge < -0.3 is 9.84 Å². The molecule has 0 aliphatic rings. The van der Waals surface area contributed by atoms with Gasteiger partial charge in [-0.1, -0.05) is 36.0 Å². The highest BCUT2D eigenvalue weighted by molar-refractivity contribution is 7.99. The highest BCUT2D eigenvalue weighted by Gasteiger charge is 2.15. The van der Waals surface area contributed by atoms with Crippen LogP contribution in [-0.4, -0.2) is 38.6 Å². The average Bonchev–Trinajstić information content (AvgIpc) is 2.87. The highest BCUT2D eigenvalue weighted by atomic mass is 32.2. The van der Waals surface area contributed by atoms with E-state index in [9.17, 15) is 14.7 Å². The first-order chi connectivity index (χ1) is 17.0. The fourth-order valence-corrected chi connectivity index (χ4v) is 4.25. The second-order valence-electron chi connectivity index (χ2n) is 7.52. The zero-order valence-corrected chi connectivity index (χ0v) is 20.1. The number of para-hydroxylation sites is 2. The lowest BCUT2D eigenvalue weighted by Crippen LogP contribution is -2.24. The molecule has 0 aliphatic carbocycles. The number of nitrogens with one attached hydrogen (secondary N) is 1. The third kappa shape index (κ3) is 5.52. The monoisotopic (exact) mass is 488 g/mol. The summed E-state index contributed by atoms with van der Waals surface area (Å²) in [5, 5.41) is 14.9. The molecule has 35 heavy (non-hydrogen) atoms. The van der Waals surface area contributed by atoms with E-state index < -0.39 is 0 Å². The van der Waals surface area contributed by atoms with E-state index in [-0.39, 0.29) is 23.0 Å². The van der Waals surface area contributed by atoms with Crippen molar-refractivity contribution >= 4 is 34.3 Å². The Kier molecular flexibility index (Phi) is 7.47. The quantitative estimate of drug-likeness (QED) is 0.167. The molecule has 4 aromatic rings. The number of nitrogens with zero attached hydrogens (tertiary/aromatic N) is 3. The summed E-state index contributed by atoms with van der Waals surface area (Å²) in [7, 11) is 0. The minimum Gasteiger partial charge on any atom is -0.507 e. The van der Waals surface area contributed by atoms with Gasteiger partial charge in [0.05, 0.1) is 34.7 Å². The largest absolute Gasteiger partial charge is 0.507 e. The van der Waals surface area contributed by atoms with Gasteiger partial charge in [0.1, 0.15) is 11.5 Å². The molecule has 2 N–H and O–H groups in total. The Hall–Kier alpha value is -4.11. The summed E-state index contributed by atoms with van der Waals surface area (Å²) >= 11 is 1.13. The first kappa shape index (κ1) is 24.0. The number of amides is 1. The van der Waals surface area contributed by atoms with Crippen LogP contribution in [0.2, 0.25) is 0 Å². The summed E-state index contributed by atoms with van der Waals surface area (Å²) < 4.78 is 7.00. The van der Waals surface area contributed by atoms with Gasteiger partial charge in [-0.05, 0) is 62.4 Å². The van der Waals surface area contributed by atoms with Crippen LogP contribution in [0, 0.1) is 0 Å². The second-order valence-corrected chi connectivity index (χ2v) is 8.46. The van der Waals surface area contributed by atoms with Gasteiger partial charge in [0, 0.05) is 5.56 Å². The summed E-state index contributed by atoms with van der Waals surface area (Å²) in [6.45, 7) is 4.13. The normalized spacial score (nSPS) is 11.4. The maximum Gasteiger partial charge on any atom is 0.266 e. The van der Waals surface area contributed by atoms with Crippen LogP contribution in [0.4, 0.5) is 0 Å². The van der Waals surface area contributed by atoms with E-state index in [0.717, 1.165) is 11.8 Å². The van der Waals surface area contributed by atoms with Crippen molar-refractivity contribution < 1.29 is 14.6 Å². The highest BCUT2D eigenvalue weighted by Crippen LogP contribution is 2.23. The Morgan fingerprint density at radius 2 is 1.80 bits per heavy atom. The van der Waals surface area contributed by atoms with E-state index in [0.29, 0.717) is 45.4 Å². The molecular formula is C26H24N4O4S. The summed E-state index contributed by atoms with van der Waals surface area (Å²) in [6.07, 6.45) is 0. The van der Waals surface area contributed by atoms with Gasteiger partial charge in [-0.25, -0.2) is 10.4 Å². The molecule has 4 rings (SSSR count). The Bertz CT molecular complexity index is 1450. The number of hydrogen-bond donors (Lipinski definition) is 2. The molecule has 178 valence electrons. The number of aromatic hydroxyl groups is 1. The SMILES string of the molecule is CCOc1ccc(-n2c(SCC(=O)N/N=C(\C)c3ccccc3O)nc3ccccc3c2=O)cc1. The van der Waals surface area contributed by atoms with Gasteiger partial charge in [-0.15, -0.1) is 0 Å². The Balaban J connectivity index is 1.59. The number of fused-ring (bicyclic) bond motifs is 1. The number of phenolic OH excluding ortho intramolecular Hbond substituents is 1. The first-order valence-electron chi connectivity index (χ1n) is 11.0. The van der Waals surface area contributed by atoms with Gasteiger partial charge >= 0.3 is 0 Å². The van der Waals surface area contributed by atoms with Crippen molar-refractivity contribution in [1.82, 2.24) is 15.0 Å². The van der Waals surface area contributed by atoms with Crippen LogP contribution >= 0.6 is 11.8 Å². The van der Waals surface area contributed by atoms with Crippen LogP contribution in [0.3, 0.4) is 0 Å². The standard InChI is InChI=1S/C26H24N4O4S/c1-3-34-19-14-12-18(13-15-19)30-25(33)21-9-4-6-10-22(21)27-26(30)35-16-24(32)29-28-17(2)20-8-5-7-11-23(20)31/h4-15,31H,3,16H2,1-2H3,(H,29,32)/b28-17+. The number of hydrazone groups is 1. The lowest BCUT2D eigenvalue weighted by molar-refractivity contribution is -0.118. The van der Waals surface area contributed by atoms with Crippen LogP contribution < -0.4 is 15.7 Å².